The van der Waals surface area contributed by atoms with Gasteiger partial charge in [-0.3, -0.25) is 9.30 Å². The Bertz CT molecular complexity index is 977. The van der Waals surface area contributed by atoms with E-state index in [1.165, 1.54) is 29.6 Å². The van der Waals surface area contributed by atoms with Crippen molar-refractivity contribution >= 4 is 16.8 Å². The molecule has 3 aliphatic rings. The fraction of sp³-hybridized carbons (Fsp3) is 0.619. The van der Waals surface area contributed by atoms with Gasteiger partial charge in [-0.1, -0.05) is 0 Å². The van der Waals surface area contributed by atoms with Crippen LogP contribution < -0.4 is 0 Å². The van der Waals surface area contributed by atoms with Crippen LogP contribution in [0.5, 0.6) is 0 Å². The first kappa shape index (κ1) is 16.9. The molecule has 0 saturated carbocycles. The Kier molecular flexibility index (Phi) is 4.13. The lowest BCUT2D eigenvalue weighted by atomic mass is 9.92. The van der Waals surface area contributed by atoms with E-state index in [0.717, 1.165) is 63.7 Å². The van der Waals surface area contributed by atoms with Gasteiger partial charge in [-0.15, -0.1) is 0 Å². The first-order valence-corrected chi connectivity index (χ1v) is 10.6. The van der Waals surface area contributed by atoms with Gasteiger partial charge < -0.3 is 14.5 Å². The Hall–Kier alpha value is -1.96. The van der Waals surface area contributed by atoms with Gasteiger partial charge in [0.05, 0.1) is 36.7 Å². The second-order valence-corrected chi connectivity index (χ2v) is 8.48. The number of nitrogens with one attached hydrogen (secondary N) is 1. The third-order valence-electron chi connectivity index (χ3n) is 6.91. The van der Waals surface area contributed by atoms with Gasteiger partial charge in [0.15, 0.2) is 11.3 Å². The van der Waals surface area contributed by atoms with Crippen LogP contribution >= 0.6 is 0 Å². The normalized spacial score (nSPS) is 23.6. The van der Waals surface area contributed by atoms with E-state index in [1.807, 2.05) is 6.20 Å². The molecule has 3 aromatic heterocycles. The van der Waals surface area contributed by atoms with Crippen LogP contribution in [0.2, 0.25) is 0 Å². The summed E-state index contributed by atoms with van der Waals surface area (Å²) in [5.41, 5.74) is 5.70. The summed E-state index contributed by atoms with van der Waals surface area (Å²) in [4.78, 5) is 15.6. The Balaban J connectivity index is 1.31. The predicted octanol–water partition coefficient (Wildman–Crippen LogP) is 2.68. The van der Waals surface area contributed by atoms with E-state index in [0.29, 0.717) is 17.9 Å². The number of ether oxygens (including phenoxy) is 2. The lowest BCUT2D eigenvalue weighted by molar-refractivity contribution is -0.0713. The van der Waals surface area contributed by atoms with E-state index in [1.54, 1.807) is 0 Å². The molecule has 0 radical (unpaired) electrons. The van der Waals surface area contributed by atoms with Gasteiger partial charge in [0.25, 0.3) is 0 Å². The number of likely N-dealkylation sites (tertiary alicyclic amines) is 1. The van der Waals surface area contributed by atoms with Crippen LogP contribution in [-0.2, 0) is 9.47 Å². The summed E-state index contributed by atoms with van der Waals surface area (Å²) >= 11 is 0. The summed E-state index contributed by atoms with van der Waals surface area (Å²) in [6.07, 6.45) is 10.8. The highest BCUT2D eigenvalue weighted by molar-refractivity contribution is 5.79. The third-order valence-corrected chi connectivity index (χ3v) is 6.91. The molecule has 0 unspecified atom stereocenters. The molecule has 0 atom stereocenters. The van der Waals surface area contributed by atoms with E-state index in [2.05, 4.69) is 31.7 Å². The molecule has 6 heterocycles. The molecule has 0 bridgehead atoms. The van der Waals surface area contributed by atoms with Crippen molar-refractivity contribution in [1.82, 2.24) is 24.3 Å². The van der Waals surface area contributed by atoms with Crippen molar-refractivity contribution in [1.29, 1.82) is 0 Å². The van der Waals surface area contributed by atoms with Crippen LogP contribution in [0.1, 0.15) is 48.8 Å². The number of imidazole rings is 1. The van der Waals surface area contributed by atoms with Gasteiger partial charge in [0.2, 0.25) is 0 Å². The first-order chi connectivity index (χ1) is 13.9. The number of aromatic nitrogens is 4. The zero-order valence-corrected chi connectivity index (χ0v) is 16.1. The maximum atomic E-state index is 5.56. The molecular formula is C21H27N5O2. The summed E-state index contributed by atoms with van der Waals surface area (Å²) in [6, 6.07) is 0.646. The average Bonchev–Trinajstić information content (AvgIpc) is 3.32. The van der Waals surface area contributed by atoms with Gasteiger partial charge in [-0.25, -0.2) is 9.97 Å². The topological polar surface area (TPSA) is 67.7 Å². The van der Waals surface area contributed by atoms with Crippen molar-refractivity contribution in [3.05, 3.63) is 29.8 Å². The average molecular weight is 381 g/mol. The monoisotopic (exact) mass is 381 g/mol. The van der Waals surface area contributed by atoms with Crippen LogP contribution in [0.3, 0.4) is 0 Å². The number of piperidine rings is 1. The molecule has 7 nitrogen and oxygen atoms in total. The van der Waals surface area contributed by atoms with Gasteiger partial charge in [0, 0.05) is 31.5 Å². The number of fused-ring (bicyclic) bond motifs is 3. The van der Waals surface area contributed by atoms with Crippen molar-refractivity contribution in [3.8, 4) is 0 Å². The van der Waals surface area contributed by atoms with Gasteiger partial charge in [-0.2, -0.15) is 0 Å². The predicted molar refractivity (Wildman–Crippen MR) is 106 cm³/mol. The molecule has 3 aromatic rings. The molecule has 3 saturated heterocycles. The van der Waals surface area contributed by atoms with Gasteiger partial charge in [-0.05, 0) is 50.3 Å². The Labute approximate surface area is 164 Å². The van der Waals surface area contributed by atoms with Crippen LogP contribution in [0, 0.1) is 0 Å². The van der Waals surface area contributed by atoms with E-state index in [9.17, 15) is 0 Å². The number of H-pyrrole nitrogens is 1. The van der Waals surface area contributed by atoms with Crippen molar-refractivity contribution in [2.75, 3.05) is 39.5 Å². The molecule has 148 valence electrons. The van der Waals surface area contributed by atoms with Crippen molar-refractivity contribution in [3.63, 3.8) is 0 Å². The van der Waals surface area contributed by atoms with Crippen LogP contribution in [0.4, 0.5) is 0 Å². The van der Waals surface area contributed by atoms with Crippen molar-refractivity contribution in [2.24, 2.45) is 0 Å². The smallest absolute Gasteiger partial charge is 0.156 e. The van der Waals surface area contributed by atoms with Crippen LogP contribution in [-0.4, -0.2) is 69.8 Å². The minimum Gasteiger partial charge on any atom is -0.381 e. The second kappa shape index (κ2) is 6.83. The highest BCUT2D eigenvalue weighted by Gasteiger charge is 2.31. The summed E-state index contributed by atoms with van der Waals surface area (Å²) in [6.45, 7) is 5.81. The quantitative estimate of drug-likeness (QED) is 0.756. The van der Waals surface area contributed by atoms with E-state index >= 15 is 0 Å². The first-order valence-electron chi connectivity index (χ1n) is 10.6. The number of rotatable bonds is 3. The van der Waals surface area contributed by atoms with Gasteiger partial charge >= 0.3 is 0 Å². The largest absolute Gasteiger partial charge is 0.381 e. The molecular weight excluding hydrogens is 354 g/mol. The molecule has 0 amide bonds. The fourth-order valence-electron chi connectivity index (χ4n) is 5.09. The Morgan fingerprint density at radius 2 is 1.82 bits per heavy atom. The summed E-state index contributed by atoms with van der Waals surface area (Å²) in [7, 11) is 0. The fourth-order valence-corrected chi connectivity index (χ4v) is 5.09. The summed E-state index contributed by atoms with van der Waals surface area (Å²) in [5.74, 6) is 1.08. The Morgan fingerprint density at radius 3 is 2.57 bits per heavy atom. The zero-order valence-electron chi connectivity index (χ0n) is 16.1. The third kappa shape index (κ3) is 2.76. The lowest BCUT2D eigenvalue weighted by Gasteiger charge is -2.41. The minimum atomic E-state index is 0.536. The number of hydrogen-bond donors (Lipinski definition) is 1. The van der Waals surface area contributed by atoms with Gasteiger partial charge in [0.1, 0.15) is 0 Å². The molecule has 28 heavy (non-hydrogen) atoms. The number of hydrogen-bond acceptors (Lipinski definition) is 5. The zero-order chi connectivity index (χ0) is 18.5. The van der Waals surface area contributed by atoms with E-state index < -0.39 is 0 Å². The molecule has 3 aliphatic heterocycles. The number of nitrogens with zero attached hydrogens (tertiary/aromatic N) is 4. The molecule has 6 rings (SSSR count). The maximum Gasteiger partial charge on any atom is 0.156 e. The molecule has 0 aliphatic carbocycles. The van der Waals surface area contributed by atoms with Crippen molar-refractivity contribution < 1.29 is 9.47 Å². The summed E-state index contributed by atoms with van der Waals surface area (Å²) < 4.78 is 13.2. The highest BCUT2D eigenvalue weighted by Crippen LogP contribution is 2.34. The van der Waals surface area contributed by atoms with Crippen molar-refractivity contribution in [2.45, 2.75) is 43.6 Å². The van der Waals surface area contributed by atoms with Crippen LogP contribution in [0.15, 0.2) is 18.6 Å². The molecule has 7 heteroatoms. The highest BCUT2D eigenvalue weighted by atomic mass is 16.5. The molecule has 3 fully saturated rings. The summed E-state index contributed by atoms with van der Waals surface area (Å²) in [5, 5.41) is 0. The maximum absolute atomic E-state index is 5.56. The molecule has 0 spiro atoms. The van der Waals surface area contributed by atoms with E-state index in [-0.39, 0.29) is 0 Å². The SMILES string of the molecule is c1[nH]c2ncc3nc(C4CCN(C5COC5)CC4)cn3c2c1C1CCOCC1. The second-order valence-electron chi connectivity index (χ2n) is 8.48. The lowest BCUT2D eigenvalue weighted by Crippen LogP contribution is -2.51. The molecule has 0 aromatic carbocycles. The minimum absolute atomic E-state index is 0.536. The Morgan fingerprint density at radius 1 is 1.00 bits per heavy atom. The number of aromatic amines is 1. The van der Waals surface area contributed by atoms with Crippen LogP contribution in [0.25, 0.3) is 16.8 Å². The molecule has 1 N–H and O–H groups in total. The van der Waals surface area contributed by atoms with E-state index in [4.69, 9.17) is 14.5 Å². The standard InChI is InChI=1S/C21H27N5O2/c1-5-25(16-12-28-13-16)6-2-15(1)18-11-26-19(24-18)10-23-21-20(26)17(9-22-21)14-3-7-27-8-4-14/h9-11,14-16,22H,1-8,12-13H2.